The molecule has 0 saturated heterocycles. The highest BCUT2D eigenvalue weighted by Crippen LogP contribution is 2.26. The van der Waals surface area contributed by atoms with E-state index < -0.39 is 12.0 Å². The zero-order chi connectivity index (χ0) is 19.0. The van der Waals surface area contributed by atoms with Crippen molar-refractivity contribution in [1.82, 2.24) is 9.88 Å². The van der Waals surface area contributed by atoms with Crippen molar-refractivity contribution in [2.45, 2.75) is 32.4 Å². The highest BCUT2D eigenvalue weighted by atomic mass is 16.4. The molecule has 1 N–H and O–H groups in total. The lowest BCUT2D eigenvalue weighted by atomic mass is 9.93. The third kappa shape index (κ3) is 3.23. The fraction of sp³-hybridized carbons (Fsp3) is 0.250. The lowest BCUT2D eigenvalue weighted by Gasteiger charge is -2.34. The average molecular weight is 366 g/mol. The summed E-state index contributed by atoms with van der Waals surface area (Å²) in [7, 11) is 0. The van der Waals surface area contributed by atoms with Crippen LogP contribution in [0, 0.1) is 6.92 Å². The van der Waals surface area contributed by atoms with Crippen molar-refractivity contribution in [3.63, 3.8) is 0 Å². The van der Waals surface area contributed by atoms with Gasteiger partial charge in [-0.3, -0.25) is 4.79 Å². The maximum absolute atomic E-state index is 12.9. The molecule has 27 heavy (non-hydrogen) atoms. The van der Waals surface area contributed by atoms with Crippen molar-refractivity contribution in [3.05, 3.63) is 65.2 Å². The topological polar surface area (TPSA) is 96.8 Å². The fourth-order valence-corrected chi connectivity index (χ4v) is 3.35. The number of furan rings is 1. The first-order valence-electron chi connectivity index (χ1n) is 8.62. The Morgan fingerprint density at radius 3 is 2.70 bits per heavy atom. The van der Waals surface area contributed by atoms with Gasteiger partial charge in [-0.1, -0.05) is 24.3 Å². The largest absolute Gasteiger partial charge is 0.480 e. The van der Waals surface area contributed by atoms with E-state index in [0.717, 1.165) is 11.1 Å². The fourth-order valence-electron chi connectivity index (χ4n) is 3.35. The maximum atomic E-state index is 12.9. The van der Waals surface area contributed by atoms with Crippen LogP contribution in [0.3, 0.4) is 0 Å². The number of rotatable bonds is 4. The molecule has 7 nitrogen and oxygen atoms in total. The number of hydrogen-bond acceptors (Lipinski definition) is 5. The number of aliphatic carboxylic acids is 1. The molecule has 1 aromatic carbocycles. The third-order valence-corrected chi connectivity index (χ3v) is 4.80. The second-order valence-electron chi connectivity index (χ2n) is 6.52. The summed E-state index contributed by atoms with van der Waals surface area (Å²) in [6.07, 6.45) is 1.79. The van der Waals surface area contributed by atoms with Crippen LogP contribution in [-0.2, 0) is 29.0 Å². The lowest BCUT2D eigenvalue weighted by Crippen LogP contribution is -2.49. The number of benzene rings is 1. The van der Waals surface area contributed by atoms with Gasteiger partial charge in [-0.15, -0.1) is 0 Å². The first-order chi connectivity index (χ1) is 13.0. The second kappa shape index (κ2) is 6.75. The van der Waals surface area contributed by atoms with Gasteiger partial charge in [0.15, 0.2) is 5.76 Å². The van der Waals surface area contributed by atoms with Crippen LogP contribution in [0.5, 0.6) is 0 Å². The number of amides is 1. The van der Waals surface area contributed by atoms with Gasteiger partial charge in [0.2, 0.25) is 5.91 Å². The van der Waals surface area contributed by atoms with Crippen molar-refractivity contribution in [1.29, 1.82) is 0 Å². The van der Waals surface area contributed by atoms with Gasteiger partial charge in [0, 0.05) is 13.0 Å². The molecule has 1 unspecified atom stereocenters. The minimum absolute atomic E-state index is 0.0258. The third-order valence-electron chi connectivity index (χ3n) is 4.80. The first kappa shape index (κ1) is 17.1. The monoisotopic (exact) mass is 366 g/mol. The molecule has 0 saturated carbocycles. The maximum Gasteiger partial charge on any atom is 0.326 e. The van der Waals surface area contributed by atoms with E-state index in [9.17, 15) is 14.7 Å². The van der Waals surface area contributed by atoms with Crippen LogP contribution in [0.2, 0.25) is 0 Å². The number of hydrogen-bond donors (Lipinski definition) is 1. The summed E-state index contributed by atoms with van der Waals surface area (Å²) < 4.78 is 10.9. The van der Waals surface area contributed by atoms with Gasteiger partial charge in [-0.2, -0.15) is 0 Å². The van der Waals surface area contributed by atoms with Crippen molar-refractivity contribution < 1.29 is 23.5 Å². The second-order valence-corrected chi connectivity index (χ2v) is 6.52. The van der Waals surface area contributed by atoms with E-state index in [-0.39, 0.29) is 18.9 Å². The van der Waals surface area contributed by atoms with Crippen LogP contribution in [-0.4, -0.2) is 32.9 Å². The molecule has 7 heteroatoms. The van der Waals surface area contributed by atoms with E-state index >= 15 is 0 Å². The number of carbonyl (C=O) groups excluding carboxylic acids is 1. The molecule has 0 spiro atoms. The first-order valence-corrected chi connectivity index (χ1v) is 8.62. The van der Waals surface area contributed by atoms with Crippen LogP contribution >= 0.6 is 0 Å². The van der Waals surface area contributed by atoms with Crippen LogP contribution in [0.15, 0.2) is 51.5 Å². The summed E-state index contributed by atoms with van der Waals surface area (Å²) in [4.78, 5) is 30.4. The molecular weight excluding hydrogens is 348 g/mol. The Hall–Kier alpha value is -3.35. The Balaban J connectivity index is 1.58. The van der Waals surface area contributed by atoms with Crippen molar-refractivity contribution >= 4 is 11.9 Å². The Bertz CT molecular complexity index is 990. The molecule has 3 heterocycles. The zero-order valence-electron chi connectivity index (χ0n) is 14.7. The van der Waals surface area contributed by atoms with E-state index in [1.54, 1.807) is 19.1 Å². The summed E-state index contributed by atoms with van der Waals surface area (Å²) in [6.45, 7) is 2.00. The molecule has 0 aliphatic carbocycles. The molecule has 2 aromatic heterocycles. The van der Waals surface area contributed by atoms with E-state index in [4.69, 9.17) is 8.83 Å². The molecule has 1 atom stereocenters. The normalized spacial score (nSPS) is 16.2. The molecule has 4 rings (SSSR count). The summed E-state index contributed by atoms with van der Waals surface area (Å²) >= 11 is 0. The molecule has 3 aromatic rings. The van der Waals surface area contributed by atoms with E-state index in [1.165, 1.54) is 11.2 Å². The van der Waals surface area contributed by atoms with E-state index in [0.29, 0.717) is 29.5 Å². The van der Waals surface area contributed by atoms with Gasteiger partial charge in [0.1, 0.15) is 11.8 Å². The molecule has 1 aliphatic rings. The van der Waals surface area contributed by atoms with Gasteiger partial charge in [-0.05, 0) is 30.2 Å². The zero-order valence-corrected chi connectivity index (χ0v) is 14.7. The number of nitrogens with zero attached hydrogens (tertiary/aromatic N) is 2. The van der Waals surface area contributed by atoms with Gasteiger partial charge in [0.05, 0.1) is 18.4 Å². The van der Waals surface area contributed by atoms with Crippen LogP contribution in [0.1, 0.15) is 22.6 Å². The molecule has 0 bridgehead atoms. The summed E-state index contributed by atoms with van der Waals surface area (Å²) in [5, 5.41) is 9.59. The Morgan fingerprint density at radius 2 is 2.00 bits per heavy atom. The van der Waals surface area contributed by atoms with Crippen molar-refractivity contribution in [2.75, 3.05) is 0 Å². The predicted molar refractivity (Wildman–Crippen MR) is 94.8 cm³/mol. The number of aromatic nitrogens is 1. The van der Waals surface area contributed by atoms with Gasteiger partial charge in [0.25, 0.3) is 5.89 Å². The number of carbonyl (C=O) groups is 2. The molecule has 1 amide bonds. The number of fused-ring (bicyclic) bond motifs is 1. The minimum atomic E-state index is -1.01. The molecular formula is C20H18N2O5. The highest BCUT2D eigenvalue weighted by Gasteiger charge is 2.35. The van der Waals surface area contributed by atoms with E-state index in [2.05, 4.69) is 4.98 Å². The lowest BCUT2D eigenvalue weighted by molar-refractivity contribution is -0.151. The highest BCUT2D eigenvalue weighted by molar-refractivity contribution is 5.85. The molecule has 0 fully saturated rings. The number of aryl methyl sites for hydroxylation is 1. The van der Waals surface area contributed by atoms with Crippen LogP contribution in [0.25, 0.3) is 11.7 Å². The summed E-state index contributed by atoms with van der Waals surface area (Å²) in [6, 6.07) is 10.2. The number of carboxylic acids is 1. The standard InChI is InChI=1S/C20H18N2O5/c1-12-15(21-19(27-12)17-7-4-8-26-17)10-18(23)22-11-14-6-3-2-5-13(14)9-16(22)20(24)25/h2-8,16H,9-11H2,1H3,(H,24,25). The van der Waals surface area contributed by atoms with Crippen LogP contribution < -0.4 is 0 Å². The minimum Gasteiger partial charge on any atom is -0.480 e. The Labute approximate surface area is 155 Å². The van der Waals surface area contributed by atoms with E-state index in [1.807, 2.05) is 24.3 Å². The predicted octanol–water partition coefficient (Wildman–Crippen LogP) is 2.82. The van der Waals surface area contributed by atoms with Crippen molar-refractivity contribution in [2.24, 2.45) is 0 Å². The number of carboxylic acid groups (broad SMARTS) is 1. The summed E-state index contributed by atoms with van der Waals surface area (Å²) in [5.41, 5.74) is 2.41. The smallest absolute Gasteiger partial charge is 0.326 e. The SMILES string of the molecule is Cc1oc(-c2ccco2)nc1CC(=O)N1Cc2ccccc2CC1C(=O)O. The van der Waals surface area contributed by atoms with Gasteiger partial charge < -0.3 is 18.8 Å². The number of oxazole rings is 1. The molecule has 1 aliphatic heterocycles. The van der Waals surface area contributed by atoms with Gasteiger partial charge >= 0.3 is 5.97 Å². The Morgan fingerprint density at radius 1 is 1.22 bits per heavy atom. The Kier molecular flexibility index (Phi) is 4.27. The molecule has 0 radical (unpaired) electrons. The molecule has 138 valence electrons. The van der Waals surface area contributed by atoms with Crippen LogP contribution in [0.4, 0.5) is 0 Å². The average Bonchev–Trinajstić information content (AvgIpc) is 3.31. The quantitative estimate of drug-likeness (QED) is 0.763. The summed E-state index contributed by atoms with van der Waals surface area (Å²) in [5.74, 6) is -0.00415. The van der Waals surface area contributed by atoms with Crippen molar-refractivity contribution in [3.8, 4) is 11.7 Å². The van der Waals surface area contributed by atoms with Gasteiger partial charge in [-0.25, -0.2) is 9.78 Å².